The van der Waals surface area contributed by atoms with Crippen LogP contribution < -0.4 is 24.2 Å². The van der Waals surface area contributed by atoms with Gasteiger partial charge in [-0.1, -0.05) is 18.2 Å². The lowest BCUT2D eigenvalue weighted by Gasteiger charge is -2.14. The highest BCUT2D eigenvalue weighted by molar-refractivity contribution is 7.92. The second-order valence-electron chi connectivity index (χ2n) is 7.03. The number of rotatable bonds is 10. The quantitative estimate of drug-likeness (QED) is 0.460. The van der Waals surface area contributed by atoms with Crippen molar-refractivity contribution < 1.29 is 27.4 Å². The van der Waals surface area contributed by atoms with Crippen LogP contribution in [0.5, 0.6) is 17.2 Å². The summed E-state index contributed by atoms with van der Waals surface area (Å²) in [5.74, 6) is 1.15. The van der Waals surface area contributed by atoms with Crippen LogP contribution in [0.25, 0.3) is 0 Å². The fourth-order valence-corrected chi connectivity index (χ4v) is 4.37. The van der Waals surface area contributed by atoms with Crippen molar-refractivity contribution in [2.45, 2.75) is 18.7 Å². The number of methoxy groups -OCH3 is 1. The van der Waals surface area contributed by atoms with Crippen molar-refractivity contribution in [1.29, 1.82) is 0 Å². The minimum absolute atomic E-state index is 0.0554. The Balaban J connectivity index is 1.69. The van der Waals surface area contributed by atoms with Gasteiger partial charge in [-0.25, -0.2) is 8.42 Å². The van der Waals surface area contributed by atoms with E-state index in [0.717, 1.165) is 0 Å². The summed E-state index contributed by atoms with van der Waals surface area (Å²) in [6, 6.07) is 18.3. The van der Waals surface area contributed by atoms with Gasteiger partial charge in [0.1, 0.15) is 5.75 Å². The zero-order valence-electron chi connectivity index (χ0n) is 18.6. The van der Waals surface area contributed by atoms with Gasteiger partial charge in [-0.05, 0) is 67.9 Å². The summed E-state index contributed by atoms with van der Waals surface area (Å²) in [6.45, 7) is 3.81. The molecule has 0 saturated heterocycles. The summed E-state index contributed by atoms with van der Waals surface area (Å²) in [4.78, 5) is 12.4. The first-order chi connectivity index (χ1) is 15.8. The first kappa shape index (κ1) is 23.9. The van der Waals surface area contributed by atoms with Gasteiger partial charge in [-0.2, -0.15) is 0 Å². The van der Waals surface area contributed by atoms with Crippen LogP contribution >= 0.6 is 0 Å². The molecule has 8 nitrogen and oxygen atoms in total. The van der Waals surface area contributed by atoms with Crippen LogP contribution in [-0.4, -0.2) is 34.6 Å². The Morgan fingerprint density at radius 1 is 0.909 bits per heavy atom. The molecular weight excluding hydrogens is 444 g/mol. The third-order valence-corrected chi connectivity index (χ3v) is 6.13. The number of hydrogen-bond donors (Lipinski definition) is 2. The highest BCUT2D eigenvalue weighted by Crippen LogP contribution is 2.26. The van der Waals surface area contributed by atoms with E-state index in [1.807, 2.05) is 6.92 Å². The van der Waals surface area contributed by atoms with Crippen molar-refractivity contribution in [3.8, 4) is 17.2 Å². The molecule has 0 aliphatic heterocycles. The van der Waals surface area contributed by atoms with Gasteiger partial charge in [0, 0.05) is 11.4 Å². The summed E-state index contributed by atoms with van der Waals surface area (Å²) >= 11 is 0. The van der Waals surface area contributed by atoms with Crippen LogP contribution in [0.3, 0.4) is 0 Å². The van der Waals surface area contributed by atoms with E-state index in [2.05, 4.69) is 10.0 Å². The van der Waals surface area contributed by atoms with E-state index in [-0.39, 0.29) is 11.5 Å². The molecule has 3 rings (SSSR count). The number of aryl methyl sites for hydroxylation is 1. The van der Waals surface area contributed by atoms with Crippen molar-refractivity contribution in [3.63, 3.8) is 0 Å². The van der Waals surface area contributed by atoms with Crippen LogP contribution in [0.1, 0.15) is 12.5 Å². The Morgan fingerprint density at radius 2 is 1.58 bits per heavy atom. The molecule has 0 fully saturated rings. The lowest BCUT2D eigenvalue weighted by atomic mass is 10.2. The Morgan fingerprint density at radius 3 is 2.24 bits per heavy atom. The molecule has 0 spiro atoms. The average molecular weight is 471 g/mol. The predicted molar refractivity (Wildman–Crippen MR) is 127 cm³/mol. The molecule has 174 valence electrons. The van der Waals surface area contributed by atoms with E-state index in [9.17, 15) is 13.2 Å². The van der Waals surface area contributed by atoms with Gasteiger partial charge in [0.25, 0.3) is 15.9 Å². The molecule has 3 aromatic rings. The smallest absolute Gasteiger partial charge is 0.262 e. The molecule has 33 heavy (non-hydrogen) atoms. The number of hydrogen-bond acceptors (Lipinski definition) is 6. The highest BCUT2D eigenvalue weighted by atomic mass is 32.2. The number of nitrogens with one attached hydrogen (secondary N) is 2. The Kier molecular flexibility index (Phi) is 7.78. The van der Waals surface area contributed by atoms with E-state index in [4.69, 9.17) is 14.2 Å². The fourth-order valence-electron chi connectivity index (χ4n) is 3.04. The molecule has 3 aromatic carbocycles. The van der Waals surface area contributed by atoms with Crippen molar-refractivity contribution in [1.82, 2.24) is 0 Å². The van der Waals surface area contributed by atoms with E-state index < -0.39 is 15.9 Å². The first-order valence-corrected chi connectivity index (χ1v) is 11.7. The molecule has 0 bridgehead atoms. The second-order valence-corrected chi connectivity index (χ2v) is 8.68. The second kappa shape index (κ2) is 10.7. The molecule has 0 aliphatic carbocycles. The van der Waals surface area contributed by atoms with Gasteiger partial charge >= 0.3 is 0 Å². The monoisotopic (exact) mass is 470 g/mol. The number of anilines is 2. The van der Waals surface area contributed by atoms with Gasteiger partial charge in [0.15, 0.2) is 18.1 Å². The minimum atomic E-state index is -3.88. The number of para-hydroxylation sites is 2. The molecule has 0 aliphatic rings. The summed E-state index contributed by atoms with van der Waals surface area (Å²) < 4.78 is 44.5. The van der Waals surface area contributed by atoms with Crippen molar-refractivity contribution >= 4 is 27.3 Å². The molecular formula is C24H26N2O6S. The average Bonchev–Trinajstić information content (AvgIpc) is 2.80. The van der Waals surface area contributed by atoms with Gasteiger partial charge in [0.05, 0.1) is 18.6 Å². The standard InChI is InChI=1S/C24H26N2O6S/c1-4-31-20-13-11-18(12-14-20)26-33(28,29)23-15-19(10-9-17(23)2)25-24(27)16-32-22-8-6-5-7-21(22)30-3/h5-15,26H,4,16H2,1-3H3,(H,25,27). The van der Waals surface area contributed by atoms with Crippen LogP contribution in [0.15, 0.2) is 71.6 Å². The Hall–Kier alpha value is -3.72. The van der Waals surface area contributed by atoms with Crippen LogP contribution in [0.2, 0.25) is 0 Å². The summed E-state index contributed by atoms with van der Waals surface area (Å²) in [7, 11) is -2.37. The number of carbonyl (C=O) groups is 1. The van der Waals surface area contributed by atoms with E-state index in [1.165, 1.54) is 13.2 Å². The maximum absolute atomic E-state index is 13.0. The third-order valence-electron chi connectivity index (χ3n) is 4.61. The predicted octanol–water partition coefficient (Wildman–Crippen LogP) is 4.22. The Labute approximate surface area is 193 Å². The molecule has 0 heterocycles. The van der Waals surface area contributed by atoms with Crippen LogP contribution in [0, 0.1) is 6.92 Å². The number of sulfonamides is 1. The normalized spacial score (nSPS) is 10.9. The summed E-state index contributed by atoms with van der Waals surface area (Å²) in [6.07, 6.45) is 0. The number of ether oxygens (including phenoxy) is 3. The van der Waals surface area contributed by atoms with Crippen LogP contribution in [-0.2, 0) is 14.8 Å². The maximum atomic E-state index is 13.0. The molecule has 2 N–H and O–H groups in total. The topological polar surface area (TPSA) is 103 Å². The number of benzene rings is 3. The SMILES string of the molecule is CCOc1ccc(NS(=O)(=O)c2cc(NC(=O)COc3ccccc3OC)ccc2C)cc1. The molecule has 0 atom stereocenters. The van der Waals surface area contributed by atoms with Crippen molar-refractivity contribution in [2.75, 3.05) is 30.4 Å². The number of amides is 1. The molecule has 1 amide bonds. The molecule has 9 heteroatoms. The molecule has 0 aromatic heterocycles. The molecule has 0 unspecified atom stereocenters. The minimum Gasteiger partial charge on any atom is -0.494 e. The van der Waals surface area contributed by atoms with Gasteiger partial charge in [-0.3, -0.25) is 9.52 Å². The lowest BCUT2D eigenvalue weighted by molar-refractivity contribution is -0.118. The van der Waals surface area contributed by atoms with E-state index >= 15 is 0 Å². The molecule has 0 radical (unpaired) electrons. The fraction of sp³-hybridized carbons (Fsp3) is 0.208. The van der Waals surface area contributed by atoms with E-state index in [1.54, 1.807) is 67.6 Å². The third kappa shape index (κ3) is 6.39. The van der Waals surface area contributed by atoms with Gasteiger partial charge in [0.2, 0.25) is 0 Å². The van der Waals surface area contributed by atoms with E-state index in [0.29, 0.717) is 40.8 Å². The van der Waals surface area contributed by atoms with Gasteiger partial charge < -0.3 is 19.5 Å². The van der Waals surface area contributed by atoms with Crippen molar-refractivity contribution in [3.05, 3.63) is 72.3 Å². The van der Waals surface area contributed by atoms with Crippen molar-refractivity contribution in [2.24, 2.45) is 0 Å². The Bertz CT molecular complexity index is 1210. The summed E-state index contributed by atoms with van der Waals surface area (Å²) in [5.41, 5.74) is 1.27. The molecule has 0 saturated carbocycles. The van der Waals surface area contributed by atoms with Gasteiger partial charge in [-0.15, -0.1) is 0 Å². The van der Waals surface area contributed by atoms with Crippen LogP contribution in [0.4, 0.5) is 11.4 Å². The zero-order chi connectivity index (χ0) is 23.8. The summed E-state index contributed by atoms with van der Waals surface area (Å²) in [5, 5.41) is 2.66. The first-order valence-electron chi connectivity index (χ1n) is 10.2. The highest BCUT2D eigenvalue weighted by Gasteiger charge is 2.18. The maximum Gasteiger partial charge on any atom is 0.262 e. The number of carbonyl (C=O) groups excluding carboxylic acids is 1. The largest absolute Gasteiger partial charge is 0.494 e. The lowest BCUT2D eigenvalue weighted by Crippen LogP contribution is -2.21. The zero-order valence-corrected chi connectivity index (χ0v) is 19.4.